The Balaban J connectivity index is 4.04. The van der Waals surface area contributed by atoms with E-state index in [0.717, 1.165) is 25.1 Å². The molecule has 0 N–H and O–H groups in total. The van der Waals surface area contributed by atoms with Gasteiger partial charge in [0.1, 0.15) is 0 Å². The summed E-state index contributed by atoms with van der Waals surface area (Å²) >= 11 is 0. The summed E-state index contributed by atoms with van der Waals surface area (Å²) < 4.78 is 0. The van der Waals surface area contributed by atoms with Crippen LogP contribution in [0.4, 0.5) is 0 Å². The van der Waals surface area contributed by atoms with E-state index >= 15 is 0 Å². The van der Waals surface area contributed by atoms with Gasteiger partial charge in [0.15, 0.2) is 0 Å². The van der Waals surface area contributed by atoms with Crippen molar-refractivity contribution in [3.63, 3.8) is 0 Å². The van der Waals surface area contributed by atoms with E-state index in [1.54, 1.807) is 0 Å². The van der Waals surface area contributed by atoms with Crippen LogP contribution >= 0.6 is 0 Å². The lowest BCUT2D eigenvalue weighted by Crippen LogP contribution is -2.20. The van der Waals surface area contributed by atoms with Crippen molar-refractivity contribution in [2.45, 2.75) is 46.0 Å². The predicted octanol–water partition coefficient (Wildman–Crippen LogP) is 4.53. The molecule has 0 saturated carbocycles. The molecule has 0 atom stereocenters. The number of allylic oxidation sites excluding steroid dienone is 1. The fourth-order valence-corrected chi connectivity index (χ4v) is 1.49. The largest absolute Gasteiger partial charge is 0.373 e. The van der Waals surface area contributed by atoms with Gasteiger partial charge in [0.25, 0.3) is 0 Å². The van der Waals surface area contributed by atoms with Gasteiger partial charge in [-0.3, -0.25) is 0 Å². The Morgan fingerprint density at radius 1 is 1.19 bits per heavy atom. The third-order valence-electron chi connectivity index (χ3n) is 2.52. The van der Waals surface area contributed by atoms with Crippen LogP contribution in [0.15, 0.2) is 37.1 Å². The summed E-state index contributed by atoms with van der Waals surface area (Å²) in [7, 11) is 0. The fraction of sp³-hybridized carbons (Fsp3) is 0.600. The van der Waals surface area contributed by atoms with Gasteiger partial charge in [0.05, 0.1) is 0 Å². The van der Waals surface area contributed by atoms with Gasteiger partial charge in [0.2, 0.25) is 0 Å². The van der Waals surface area contributed by atoms with E-state index in [2.05, 4.69) is 44.2 Å². The monoisotopic (exact) mass is 221 g/mol. The van der Waals surface area contributed by atoms with Gasteiger partial charge in [0, 0.05) is 13.1 Å². The highest BCUT2D eigenvalue weighted by atomic mass is 15.1. The summed E-state index contributed by atoms with van der Waals surface area (Å²) in [6.07, 6.45) is 12.5. The van der Waals surface area contributed by atoms with Crippen LogP contribution in [-0.4, -0.2) is 18.0 Å². The molecule has 0 spiro atoms. The Morgan fingerprint density at radius 3 is 2.50 bits per heavy atom. The first-order valence-electron chi connectivity index (χ1n) is 6.45. The van der Waals surface area contributed by atoms with Crippen molar-refractivity contribution in [1.29, 1.82) is 0 Å². The molecule has 0 radical (unpaired) electrons. The van der Waals surface area contributed by atoms with Gasteiger partial charge in [-0.25, -0.2) is 0 Å². The zero-order chi connectivity index (χ0) is 12.2. The third-order valence-corrected chi connectivity index (χ3v) is 2.52. The maximum atomic E-state index is 3.98. The summed E-state index contributed by atoms with van der Waals surface area (Å²) in [5, 5.41) is 0. The van der Waals surface area contributed by atoms with Gasteiger partial charge in [-0.1, -0.05) is 58.4 Å². The van der Waals surface area contributed by atoms with Gasteiger partial charge >= 0.3 is 0 Å². The Labute approximate surface area is 102 Å². The van der Waals surface area contributed by atoms with Crippen LogP contribution in [0.25, 0.3) is 0 Å². The average Bonchev–Trinajstić information content (AvgIpc) is 2.29. The molecule has 0 saturated heterocycles. The fourth-order valence-electron chi connectivity index (χ4n) is 1.49. The standard InChI is InChI=1S/C15H27N/c1-5-8-10-12-16(13-11-9-6-2)14-15(4)7-3/h7,10,12H,3-6,8-9,11,13-14H2,1-2H3/b12-10-. The first-order chi connectivity index (χ1) is 7.74. The molecule has 0 aliphatic rings. The predicted molar refractivity (Wildman–Crippen MR) is 74.5 cm³/mol. The lowest BCUT2D eigenvalue weighted by Gasteiger charge is -2.20. The van der Waals surface area contributed by atoms with Crippen LogP contribution in [0.1, 0.15) is 46.0 Å². The number of hydrogen-bond donors (Lipinski definition) is 0. The second-order valence-electron chi connectivity index (χ2n) is 4.21. The Hall–Kier alpha value is -0.980. The van der Waals surface area contributed by atoms with Crippen LogP contribution in [0, 0.1) is 0 Å². The molecule has 0 aromatic carbocycles. The van der Waals surface area contributed by atoms with Gasteiger partial charge in [-0.2, -0.15) is 0 Å². The van der Waals surface area contributed by atoms with Crippen molar-refractivity contribution in [1.82, 2.24) is 4.90 Å². The first kappa shape index (κ1) is 15.0. The van der Waals surface area contributed by atoms with Crippen molar-refractivity contribution in [3.05, 3.63) is 37.1 Å². The zero-order valence-corrected chi connectivity index (χ0v) is 11.0. The normalized spacial score (nSPS) is 10.6. The second kappa shape index (κ2) is 10.5. The van der Waals surface area contributed by atoms with E-state index in [9.17, 15) is 0 Å². The summed E-state index contributed by atoms with van der Waals surface area (Å²) in [4.78, 5) is 2.34. The van der Waals surface area contributed by atoms with Gasteiger partial charge in [-0.15, -0.1) is 0 Å². The Bertz CT molecular complexity index is 215. The highest BCUT2D eigenvalue weighted by molar-refractivity contribution is 5.13. The van der Waals surface area contributed by atoms with Crippen molar-refractivity contribution in [2.75, 3.05) is 13.1 Å². The number of rotatable bonds is 10. The smallest absolute Gasteiger partial charge is 0.0417 e. The highest BCUT2D eigenvalue weighted by Crippen LogP contribution is 2.04. The summed E-state index contributed by atoms with van der Waals surface area (Å²) in [6, 6.07) is 0. The molecule has 0 rings (SSSR count). The molecule has 0 amide bonds. The van der Waals surface area contributed by atoms with E-state index in [4.69, 9.17) is 0 Å². The molecule has 1 heteroatoms. The van der Waals surface area contributed by atoms with Crippen LogP contribution < -0.4 is 0 Å². The van der Waals surface area contributed by atoms with Crippen molar-refractivity contribution < 1.29 is 0 Å². The third kappa shape index (κ3) is 8.34. The lowest BCUT2D eigenvalue weighted by atomic mass is 10.2. The Morgan fingerprint density at radius 2 is 1.94 bits per heavy atom. The van der Waals surface area contributed by atoms with Gasteiger partial charge in [-0.05, 0) is 24.6 Å². The van der Waals surface area contributed by atoms with E-state index in [0.29, 0.717) is 0 Å². The molecule has 0 heterocycles. The lowest BCUT2D eigenvalue weighted by molar-refractivity contribution is 0.393. The van der Waals surface area contributed by atoms with Crippen LogP contribution in [-0.2, 0) is 0 Å². The number of nitrogens with zero attached hydrogens (tertiary/aromatic N) is 1. The minimum atomic E-state index is 0.910. The summed E-state index contributed by atoms with van der Waals surface area (Å²) in [5.41, 5.74) is 1.10. The van der Waals surface area contributed by atoms with Crippen molar-refractivity contribution in [2.24, 2.45) is 0 Å². The minimum Gasteiger partial charge on any atom is -0.373 e. The quantitative estimate of drug-likeness (QED) is 0.387. The highest BCUT2D eigenvalue weighted by Gasteiger charge is 1.99. The molecule has 0 aliphatic heterocycles. The molecule has 0 aliphatic carbocycles. The zero-order valence-electron chi connectivity index (χ0n) is 11.0. The van der Waals surface area contributed by atoms with Crippen LogP contribution in [0.5, 0.6) is 0 Å². The van der Waals surface area contributed by atoms with Crippen molar-refractivity contribution >= 4 is 0 Å². The first-order valence-corrected chi connectivity index (χ1v) is 6.45. The summed E-state index contributed by atoms with van der Waals surface area (Å²) in [6.45, 7) is 14.2. The van der Waals surface area contributed by atoms with E-state index < -0.39 is 0 Å². The molecule has 16 heavy (non-hydrogen) atoms. The molecule has 0 bridgehead atoms. The molecule has 92 valence electrons. The SMILES string of the molecule is C=CC(=C)CN(/C=C\CCC)CCCCC. The number of unbranched alkanes of at least 4 members (excludes halogenated alkanes) is 3. The molecular formula is C15H27N. The Kier molecular flexibility index (Phi) is 9.89. The maximum Gasteiger partial charge on any atom is 0.0417 e. The van der Waals surface area contributed by atoms with Crippen molar-refractivity contribution in [3.8, 4) is 0 Å². The maximum absolute atomic E-state index is 3.98. The molecular weight excluding hydrogens is 194 g/mol. The van der Waals surface area contributed by atoms with Crippen LogP contribution in [0.3, 0.4) is 0 Å². The van der Waals surface area contributed by atoms with E-state index in [1.165, 1.54) is 25.7 Å². The second-order valence-corrected chi connectivity index (χ2v) is 4.21. The van der Waals surface area contributed by atoms with E-state index in [-0.39, 0.29) is 0 Å². The topological polar surface area (TPSA) is 3.24 Å². The van der Waals surface area contributed by atoms with Crippen LogP contribution in [0.2, 0.25) is 0 Å². The summed E-state index contributed by atoms with van der Waals surface area (Å²) in [5.74, 6) is 0. The molecule has 0 unspecified atom stereocenters. The molecule has 1 nitrogen and oxygen atoms in total. The van der Waals surface area contributed by atoms with E-state index in [1.807, 2.05) is 6.08 Å². The molecule has 0 fully saturated rings. The van der Waals surface area contributed by atoms with Gasteiger partial charge < -0.3 is 4.90 Å². The average molecular weight is 221 g/mol. The minimum absolute atomic E-state index is 0.910. The number of hydrogen-bond acceptors (Lipinski definition) is 1. The molecule has 0 aromatic rings. The molecule has 0 aromatic heterocycles.